The van der Waals surface area contributed by atoms with Gasteiger partial charge < -0.3 is 20.6 Å². The lowest BCUT2D eigenvalue weighted by Gasteiger charge is -2.21. The average Bonchev–Trinajstić information content (AvgIpc) is 2.38. The van der Waals surface area contributed by atoms with Gasteiger partial charge in [0.2, 0.25) is 0 Å². The molecule has 0 aromatic carbocycles. The fourth-order valence-corrected chi connectivity index (χ4v) is 1.54. The maximum Gasteiger partial charge on any atom is 0.173 e. The van der Waals surface area contributed by atoms with Crippen molar-refractivity contribution in [2.24, 2.45) is 10.9 Å². The number of hydrogen-bond acceptors (Lipinski definition) is 5. The molecule has 0 fully saturated rings. The molecule has 1 aromatic heterocycles. The van der Waals surface area contributed by atoms with E-state index in [1.807, 2.05) is 31.9 Å². The van der Waals surface area contributed by atoms with Crippen molar-refractivity contribution in [3.63, 3.8) is 0 Å². The van der Waals surface area contributed by atoms with Gasteiger partial charge in [-0.15, -0.1) is 0 Å². The Hall–Kier alpha value is -1.82. The Labute approximate surface area is 107 Å². The van der Waals surface area contributed by atoms with Crippen LogP contribution in [0.4, 0.5) is 5.82 Å². The van der Waals surface area contributed by atoms with Crippen LogP contribution in [0.25, 0.3) is 0 Å². The topological polar surface area (TPSA) is 84.0 Å². The van der Waals surface area contributed by atoms with Gasteiger partial charge in [-0.1, -0.05) is 5.16 Å². The van der Waals surface area contributed by atoms with Crippen LogP contribution in [0.5, 0.6) is 0 Å². The van der Waals surface area contributed by atoms with Gasteiger partial charge >= 0.3 is 0 Å². The molecule has 3 N–H and O–H groups in total. The molecular weight excluding hydrogens is 232 g/mol. The standard InChI is InChI=1S/C12H20N4O2/c1-4-18-8-7-16(3)12-10(11(13)15-17)6-5-9(2)14-12/h5-6,17H,4,7-8H2,1-3H3,(H2,13,15). The fourth-order valence-electron chi connectivity index (χ4n) is 1.54. The van der Waals surface area contributed by atoms with Crippen molar-refractivity contribution in [1.29, 1.82) is 0 Å². The predicted molar refractivity (Wildman–Crippen MR) is 71.2 cm³/mol. The summed E-state index contributed by atoms with van der Waals surface area (Å²) in [4.78, 5) is 6.35. The van der Waals surface area contributed by atoms with Crippen LogP contribution < -0.4 is 10.6 Å². The number of oxime groups is 1. The largest absolute Gasteiger partial charge is 0.409 e. The molecule has 0 bridgehead atoms. The Morgan fingerprint density at radius 2 is 2.28 bits per heavy atom. The highest BCUT2D eigenvalue weighted by Gasteiger charge is 2.12. The zero-order chi connectivity index (χ0) is 13.5. The highest BCUT2D eigenvalue weighted by molar-refractivity contribution is 6.01. The van der Waals surface area contributed by atoms with E-state index in [2.05, 4.69) is 10.1 Å². The van der Waals surface area contributed by atoms with Crippen molar-refractivity contribution < 1.29 is 9.94 Å². The minimum absolute atomic E-state index is 0.0563. The van der Waals surface area contributed by atoms with Crippen LogP contribution in [0.1, 0.15) is 18.2 Å². The van der Waals surface area contributed by atoms with Crippen LogP contribution in [0.3, 0.4) is 0 Å². The molecule has 0 unspecified atom stereocenters. The Bertz CT molecular complexity index is 421. The molecule has 0 amide bonds. The van der Waals surface area contributed by atoms with Gasteiger partial charge in [-0.05, 0) is 26.0 Å². The first-order valence-electron chi connectivity index (χ1n) is 5.84. The van der Waals surface area contributed by atoms with E-state index in [-0.39, 0.29) is 5.84 Å². The van der Waals surface area contributed by atoms with Gasteiger partial charge in [0.1, 0.15) is 5.82 Å². The van der Waals surface area contributed by atoms with Gasteiger partial charge in [-0.3, -0.25) is 0 Å². The average molecular weight is 252 g/mol. The Kier molecular flexibility index (Phi) is 5.38. The van der Waals surface area contributed by atoms with Crippen molar-refractivity contribution in [3.8, 4) is 0 Å². The third-order valence-electron chi connectivity index (χ3n) is 2.53. The summed E-state index contributed by atoms with van der Waals surface area (Å²) in [6.07, 6.45) is 0. The lowest BCUT2D eigenvalue weighted by Crippen LogP contribution is -2.27. The number of ether oxygens (including phenoxy) is 1. The Balaban J connectivity index is 2.94. The zero-order valence-corrected chi connectivity index (χ0v) is 11.1. The Morgan fingerprint density at radius 1 is 1.56 bits per heavy atom. The number of nitrogens with two attached hydrogens (primary N) is 1. The highest BCUT2D eigenvalue weighted by atomic mass is 16.5. The maximum atomic E-state index is 8.77. The lowest BCUT2D eigenvalue weighted by molar-refractivity contribution is 0.154. The van der Waals surface area contributed by atoms with E-state index in [0.29, 0.717) is 31.1 Å². The van der Waals surface area contributed by atoms with Crippen LogP contribution in [0.2, 0.25) is 0 Å². The number of aromatic nitrogens is 1. The molecule has 1 heterocycles. The van der Waals surface area contributed by atoms with E-state index < -0.39 is 0 Å². The van der Waals surface area contributed by atoms with Crippen molar-refractivity contribution in [2.75, 3.05) is 31.7 Å². The van der Waals surface area contributed by atoms with Gasteiger partial charge in [0.25, 0.3) is 0 Å². The molecule has 0 aliphatic heterocycles. The number of nitrogens with zero attached hydrogens (tertiary/aromatic N) is 3. The molecule has 6 nitrogen and oxygen atoms in total. The summed E-state index contributed by atoms with van der Waals surface area (Å²) in [5, 5.41) is 11.8. The van der Waals surface area contributed by atoms with E-state index in [9.17, 15) is 0 Å². The number of rotatable bonds is 6. The lowest BCUT2D eigenvalue weighted by atomic mass is 10.2. The van der Waals surface area contributed by atoms with Crippen molar-refractivity contribution >= 4 is 11.7 Å². The smallest absolute Gasteiger partial charge is 0.173 e. The number of likely N-dealkylation sites (N-methyl/N-ethyl adjacent to an activating group) is 1. The maximum absolute atomic E-state index is 8.77. The van der Waals surface area contributed by atoms with Crippen LogP contribution in [-0.2, 0) is 4.74 Å². The van der Waals surface area contributed by atoms with Crippen molar-refractivity contribution in [2.45, 2.75) is 13.8 Å². The van der Waals surface area contributed by atoms with Crippen molar-refractivity contribution in [1.82, 2.24) is 4.98 Å². The first kappa shape index (κ1) is 14.2. The summed E-state index contributed by atoms with van der Waals surface area (Å²) in [5.41, 5.74) is 7.13. The number of amidine groups is 1. The molecular formula is C12H20N4O2. The summed E-state index contributed by atoms with van der Waals surface area (Å²) < 4.78 is 5.30. The monoisotopic (exact) mass is 252 g/mol. The van der Waals surface area contributed by atoms with Gasteiger partial charge in [0, 0.05) is 25.9 Å². The minimum Gasteiger partial charge on any atom is -0.409 e. The summed E-state index contributed by atoms with van der Waals surface area (Å²) in [7, 11) is 1.90. The number of pyridine rings is 1. The summed E-state index contributed by atoms with van der Waals surface area (Å²) in [6.45, 7) is 5.83. The van der Waals surface area contributed by atoms with Crippen LogP contribution in [-0.4, -0.2) is 42.8 Å². The third kappa shape index (κ3) is 3.59. The van der Waals surface area contributed by atoms with E-state index in [1.165, 1.54) is 0 Å². The number of anilines is 1. The van der Waals surface area contributed by atoms with Gasteiger partial charge in [-0.25, -0.2) is 4.98 Å². The second-order valence-electron chi connectivity index (χ2n) is 3.93. The molecule has 0 aliphatic rings. The fraction of sp³-hybridized carbons (Fsp3) is 0.500. The zero-order valence-electron chi connectivity index (χ0n) is 11.1. The van der Waals surface area contributed by atoms with Crippen LogP contribution >= 0.6 is 0 Å². The quantitative estimate of drug-likeness (QED) is 0.259. The first-order valence-corrected chi connectivity index (χ1v) is 5.84. The molecule has 100 valence electrons. The molecule has 0 saturated heterocycles. The normalized spacial score (nSPS) is 11.6. The summed E-state index contributed by atoms with van der Waals surface area (Å²) in [6, 6.07) is 3.62. The molecule has 0 radical (unpaired) electrons. The number of hydrogen-bond donors (Lipinski definition) is 2. The van der Waals surface area contributed by atoms with E-state index in [1.54, 1.807) is 6.07 Å². The molecule has 0 atom stereocenters. The van der Waals surface area contributed by atoms with Crippen LogP contribution in [0.15, 0.2) is 17.3 Å². The second-order valence-corrected chi connectivity index (χ2v) is 3.93. The van der Waals surface area contributed by atoms with Crippen LogP contribution in [0, 0.1) is 6.92 Å². The molecule has 1 aromatic rings. The minimum atomic E-state index is 0.0563. The SMILES string of the molecule is CCOCCN(C)c1nc(C)ccc1/C(N)=N/O. The summed E-state index contributed by atoms with van der Waals surface area (Å²) in [5.74, 6) is 0.741. The molecule has 0 spiro atoms. The van der Waals surface area contributed by atoms with Gasteiger partial charge in [0.05, 0.1) is 12.2 Å². The van der Waals surface area contributed by atoms with E-state index >= 15 is 0 Å². The Morgan fingerprint density at radius 3 is 2.89 bits per heavy atom. The molecule has 18 heavy (non-hydrogen) atoms. The van der Waals surface area contributed by atoms with Crippen molar-refractivity contribution in [3.05, 3.63) is 23.4 Å². The van der Waals surface area contributed by atoms with Gasteiger partial charge in [-0.2, -0.15) is 0 Å². The molecule has 0 aliphatic carbocycles. The molecule has 0 saturated carbocycles. The summed E-state index contributed by atoms with van der Waals surface area (Å²) >= 11 is 0. The predicted octanol–water partition coefficient (Wildman–Crippen LogP) is 0.957. The first-order chi connectivity index (χ1) is 8.60. The van der Waals surface area contributed by atoms with E-state index in [0.717, 1.165) is 5.69 Å². The van der Waals surface area contributed by atoms with E-state index in [4.69, 9.17) is 15.7 Å². The number of aryl methyl sites for hydroxylation is 1. The second kappa shape index (κ2) is 6.80. The third-order valence-corrected chi connectivity index (χ3v) is 2.53. The van der Waals surface area contributed by atoms with Gasteiger partial charge in [0.15, 0.2) is 5.84 Å². The molecule has 6 heteroatoms. The molecule has 1 rings (SSSR count). The highest BCUT2D eigenvalue weighted by Crippen LogP contribution is 2.17.